The molecule has 1 aliphatic rings. The summed E-state index contributed by atoms with van der Waals surface area (Å²) in [5.74, 6) is -0.882. The van der Waals surface area contributed by atoms with E-state index in [1.54, 1.807) is 19.1 Å². The summed E-state index contributed by atoms with van der Waals surface area (Å²) >= 11 is 7.31. The second-order valence-corrected chi connectivity index (χ2v) is 9.78. The normalized spacial score (nSPS) is 12.4. The van der Waals surface area contributed by atoms with Gasteiger partial charge in [0.2, 0.25) is 0 Å². The standard InChI is InChI=1S/C25H19ClF2N6O4S/c1-12-6-13(14-7-20(26)31-9-18(14)37-2)15(8-30-12)22(35)33-25-32-16-10-34(11-19(16)39-25)23(36)21-17(38-24(27)28)4-3-5-29-21/h3-9,24H,10-11H2,1-2H3,(H,32,33,35). The van der Waals surface area contributed by atoms with E-state index in [-0.39, 0.29) is 35.2 Å². The van der Waals surface area contributed by atoms with Gasteiger partial charge in [0.05, 0.1) is 42.5 Å². The number of hydrogen-bond acceptors (Lipinski definition) is 9. The first-order valence-electron chi connectivity index (χ1n) is 11.4. The number of methoxy groups -OCH3 is 1. The molecule has 0 aromatic carbocycles. The van der Waals surface area contributed by atoms with Crippen molar-refractivity contribution in [2.75, 3.05) is 12.4 Å². The Morgan fingerprint density at radius 2 is 1.95 bits per heavy atom. The van der Waals surface area contributed by atoms with Crippen LogP contribution in [0.3, 0.4) is 0 Å². The highest BCUT2D eigenvalue weighted by atomic mass is 35.5. The number of amides is 2. The minimum absolute atomic E-state index is 0.120. The molecule has 5 rings (SSSR count). The van der Waals surface area contributed by atoms with E-state index < -0.39 is 18.4 Å². The smallest absolute Gasteiger partial charge is 0.387 e. The van der Waals surface area contributed by atoms with E-state index in [4.69, 9.17) is 16.3 Å². The van der Waals surface area contributed by atoms with Gasteiger partial charge >= 0.3 is 6.61 Å². The number of thiazole rings is 1. The Kier molecular flexibility index (Phi) is 7.35. The van der Waals surface area contributed by atoms with E-state index in [2.05, 4.69) is 30.0 Å². The van der Waals surface area contributed by atoms with Crippen molar-refractivity contribution in [1.82, 2.24) is 24.8 Å². The van der Waals surface area contributed by atoms with Gasteiger partial charge in [-0.2, -0.15) is 8.78 Å². The summed E-state index contributed by atoms with van der Waals surface area (Å²) < 4.78 is 35.3. The highest BCUT2D eigenvalue weighted by Crippen LogP contribution is 2.36. The first-order valence-corrected chi connectivity index (χ1v) is 12.6. The number of pyridine rings is 3. The molecule has 0 radical (unpaired) electrons. The minimum Gasteiger partial charge on any atom is -0.494 e. The van der Waals surface area contributed by atoms with Crippen LogP contribution in [-0.2, 0) is 13.1 Å². The lowest BCUT2D eigenvalue weighted by atomic mass is 10.0. The maximum Gasteiger partial charge on any atom is 0.387 e. The Morgan fingerprint density at radius 3 is 2.69 bits per heavy atom. The fraction of sp³-hybridized carbons (Fsp3) is 0.200. The van der Waals surface area contributed by atoms with Crippen LogP contribution in [-0.4, -0.2) is 50.4 Å². The summed E-state index contributed by atoms with van der Waals surface area (Å²) in [5.41, 5.74) is 2.46. The Hall–Kier alpha value is -4.23. The van der Waals surface area contributed by atoms with E-state index >= 15 is 0 Å². The van der Waals surface area contributed by atoms with Crippen molar-refractivity contribution < 1.29 is 27.8 Å². The van der Waals surface area contributed by atoms with E-state index in [9.17, 15) is 18.4 Å². The molecule has 14 heteroatoms. The van der Waals surface area contributed by atoms with Gasteiger partial charge in [-0.15, -0.1) is 0 Å². The average Bonchev–Trinajstić information content (AvgIpc) is 3.47. The van der Waals surface area contributed by atoms with Crippen molar-refractivity contribution in [3.05, 3.63) is 75.5 Å². The summed E-state index contributed by atoms with van der Waals surface area (Å²) in [6.45, 7) is -0.993. The zero-order chi connectivity index (χ0) is 27.7. The number of nitrogens with one attached hydrogen (secondary N) is 1. The molecule has 39 heavy (non-hydrogen) atoms. The molecule has 1 N–H and O–H groups in total. The van der Waals surface area contributed by atoms with E-state index in [1.165, 1.54) is 54.1 Å². The zero-order valence-corrected chi connectivity index (χ0v) is 22.0. The molecule has 1 aliphatic heterocycles. The molecule has 0 fully saturated rings. The Morgan fingerprint density at radius 1 is 1.13 bits per heavy atom. The quantitative estimate of drug-likeness (QED) is 0.308. The van der Waals surface area contributed by atoms with Crippen molar-refractivity contribution >= 4 is 39.9 Å². The molecule has 0 unspecified atom stereocenters. The molecule has 0 bridgehead atoms. The molecule has 4 aromatic heterocycles. The number of aromatic nitrogens is 4. The van der Waals surface area contributed by atoms with E-state index in [0.717, 1.165) is 4.88 Å². The number of ether oxygens (including phenoxy) is 2. The van der Waals surface area contributed by atoms with Crippen LogP contribution in [0.4, 0.5) is 13.9 Å². The van der Waals surface area contributed by atoms with Gasteiger partial charge in [0.15, 0.2) is 16.6 Å². The van der Waals surface area contributed by atoms with Crippen molar-refractivity contribution in [3.63, 3.8) is 0 Å². The molecular formula is C25H19ClF2N6O4S. The summed E-state index contributed by atoms with van der Waals surface area (Å²) in [4.78, 5) is 45.1. The molecule has 0 saturated heterocycles. The van der Waals surface area contributed by atoms with Crippen LogP contribution in [0.5, 0.6) is 11.5 Å². The number of alkyl halides is 2. The van der Waals surface area contributed by atoms with Crippen LogP contribution in [0.1, 0.15) is 37.1 Å². The molecule has 0 saturated carbocycles. The minimum atomic E-state index is -3.09. The third kappa shape index (κ3) is 5.49. The largest absolute Gasteiger partial charge is 0.494 e. The summed E-state index contributed by atoms with van der Waals surface area (Å²) in [7, 11) is 1.49. The zero-order valence-electron chi connectivity index (χ0n) is 20.4. The van der Waals surface area contributed by atoms with Gasteiger partial charge in [-0.3, -0.25) is 19.9 Å². The van der Waals surface area contributed by atoms with Crippen LogP contribution in [0.15, 0.2) is 42.9 Å². The molecule has 0 aliphatic carbocycles. The Labute approximate surface area is 229 Å². The van der Waals surface area contributed by atoms with E-state index in [1.807, 2.05) is 0 Å². The first-order chi connectivity index (χ1) is 18.7. The molecule has 2 amide bonds. The lowest BCUT2D eigenvalue weighted by Gasteiger charge is -2.17. The predicted octanol–water partition coefficient (Wildman–Crippen LogP) is 4.98. The third-order valence-electron chi connectivity index (χ3n) is 5.78. The highest BCUT2D eigenvalue weighted by molar-refractivity contribution is 7.16. The van der Waals surface area contributed by atoms with E-state index in [0.29, 0.717) is 33.4 Å². The number of anilines is 1. The fourth-order valence-corrected chi connectivity index (χ4v) is 5.19. The Bertz CT molecular complexity index is 1560. The number of aryl methyl sites for hydroxylation is 1. The van der Waals surface area contributed by atoms with Gasteiger partial charge in [0.1, 0.15) is 10.9 Å². The maximum atomic E-state index is 13.3. The number of rotatable bonds is 7. The van der Waals surface area contributed by atoms with Gasteiger partial charge < -0.3 is 14.4 Å². The van der Waals surface area contributed by atoms with Crippen molar-refractivity contribution in [2.45, 2.75) is 26.6 Å². The van der Waals surface area contributed by atoms with Crippen LogP contribution in [0.25, 0.3) is 11.1 Å². The molecule has 5 heterocycles. The number of carbonyl (C=O) groups excluding carboxylic acids is 2. The number of hydrogen-bond donors (Lipinski definition) is 1. The second kappa shape index (κ2) is 10.9. The van der Waals surface area contributed by atoms with Crippen LogP contribution >= 0.6 is 22.9 Å². The Balaban J connectivity index is 1.34. The maximum absolute atomic E-state index is 13.3. The number of carbonyl (C=O) groups is 2. The topological polar surface area (TPSA) is 119 Å². The first kappa shape index (κ1) is 26.4. The van der Waals surface area contributed by atoms with Gasteiger partial charge in [-0.25, -0.2) is 15.0 Å². The van der Waals surface area contributed by atoms with Crippen LogP contribution < -0.4 is 14.8 Å². The summed E-state index contributed by atoms with van der Waals surface area (Å²) in [5, 5.41) is 3.37. The third-order valence-corrected chi connectivity index (χ3v) is 6.98. The lowest BCUT2D eigenvalue weighted by molar-refractivity contribution is -0.0505. The highest BCUT2D eigenvalue weighted by Gasteiger charge is 2.31. The summed E-state index contributed by atoms with van der Waals surface area (Å²) in [6.07, 6.45) is 4.26. The molecule has 4 aromatic rings. The van der Waals surface area contributed by atoms with Crippen LogP contribution in [0, 0.1) is 6.92 Å². The lowest BCUT2D eigenvalue weighted by Crippen LogP contribution is -2.27. The SMILES string of the molecule is COc1cnc(Cl)cc1-c1cc(C)ncc1C(=O)Nc1nc2c(s1)CN(C(=O)c1ncccc1OC(F)F)C2. The number of fused-ring (bicyclic) bond motifs is 1. The predicted molar refractivity (Wildman–Crippen MR) is 138 cm³/mol. The van der Waals surface area contributed by atoms with Crippen molar-refractivity contribution in [2.24, 2.45) is 0 Å². The molecule has 10 nitrogen and oxygen atoms in total. The number of halogens is 3. The summed E-state index contributed by atoms with van der Waals surface area (Å²) in [6, 6.07) is 6.01. The average molecular weight is 573 g/mol. The molecule has 0 spiro atoms. The monoisotopic (exact) mass is 572 g/mol. The van der Waals surface area contributed by atoms with Gasteiger partial charge in [0, 0.05) is 29.2 Å². The van der Waals surface area contributed by atoms with Crippen molar-refractivity contribution in [1.29, 1.82) is 0 Å². The second-order valence-electron chi connectivity index (χ2n) is 8.31. The van der Waals surface area contributed by atoms with Crippen molar-refractivity contribution in [3.8, 4) is 22.6 Å². The molecule has 0 atom stereocenters. The van der Waals surface area contributed by atoms with Crippen LogP contribution in [0.2, 0.25) is 5.15 Å². The fourth-order valence-electron chi connectivity index (χ4n) is 4.05. The number of nitrogens with zero attached hydrogens (tertiary/aromatic N) is 5. The molecular weight excluding hydrogens is 554 g/mol. The van der Waals surface area contributed by atoms with Gasteiger partial charge in [0.25, 0.3) is 11.8 Å². The van der Waals surface area contributed by atoms with Gasteiger partial charge in [-0.1, -0.05) is 22.9 Å². The van der Waals surface area contributed by atoms with Gasteiger partial charge in [-0.05, 0) is 31.2 Å². The molecule has 200 valence electrons.